The minimum Gasteiger partial charge on any atom is -0.321 e. The van der Waals surface area contributed by atoms with Gasteiger partial charge in [0.05, 0.1) is 5.56 Å². The van der Waals surface area contributed by atoms with E-state index in [0.717, 1.165) is 30.9 Å². The molecule has 1 saturated carbocycles. The van der Waals surface area contributed by atoms with Gasteiger partial charge >= 0.3 is 6.18 Å². The van der Waals surface area contributed by atoms with Crippen LogP contribution in [0.15, 0.2) is 18.2 Å². The molecule has 3 atom stereocenters. The predicted octanol–water partition coefficient (Wildman–Crippen LogP) is 4.62. The summed E-state index contributed by atoms with van der Waals surface area (Å²) < 4.78 is 38.2. The van der Waals surface area contributed by atoms with Gasteiger partial charge in [0.15, 0.2) is 0 Å². The third kappa shape index (κ3) is 2.71. The van der Waals surface area contributed by atoms with Crippen molar-refractivity contribution >= 4 is 0 Å². The Morgan fingerprint density at radius 2 is 1.90 bits per heavy atom. The first-order valence-electron chi connectivity index (χ1n) is 7.12. The molecule has 1 fully saturated rings. The Kier molecular flexibility index (Phi) is 3.89. The van der Waals surface area contributed by atoms with Crippen molar-refractivity contribution in [1.29, 1.82) is 0 Å². The van der Waals surface area contributed by atoms with E-state index < -0.39 is 17.3 Å². The maximum absolute atomic E-state index is 12.7. The number of aryl methyl sites for hydroxylation is 1. The van der Waals surface area contributed by atoms with E-state index in [9.17, 15) is 13.2 Å². The Labute approximate surface area is 118 Å². The van der Waals surface area contributed by atoms with Crippen molar-refractivity contribution < 1.29 is 13.2 Å². The molecule has 20 heavy (non-hydrogen) atoms. The summed E-state index contributed by atoms with van der Waals surface area (Å²) in [6.07, 6.45) is -1.41. The zero-order chi connectivity index (χ0) is 15.1. The lowest BCUT2D eigenvalue weighted by atomic mass is 9.66. The first kappa shape index (κ1) is 15.4. The molecule has 0 bridgehead atoms. The highest BCUT2D eigenvalue weighted by Crippen LogP contribution is 2.43. The molecule has 4 heteroatoms. The van der Waals surface area contributed by atoms with Crippen LogP contribution < -0.4 is 5.73 Å². The van der Waals surface area contributed by atoms with Crippen LogP contribution in [0.4, 0.5) is 13.2 Å². The van der Waals surface area contributed by atoms with Crippen molar-refractivity contribution in [2.24, 2.45) is 17.6 Å². The largest absolute Gasteiger partial charge is 0.416 e. The summed E-state index contributed by atoms with van der Waals surface area (Å²) >= 11 is 0. The fourth-order valence-corrected chi connectivity index (χ4v) is 3.43. The van der Waals surface area contributed by atoms with Gasteiger partial charge in [0, 0.05) is 5.54 Å². The zero-order valence-electron chi connectivity index (χ0n) is 12.2. The second-order valence-corrected chi connectivity index (χ2v) is 6.35. The van der Waals surface area contributed by atoms with Crippen molar-refractivity contribution in [3.05, 3.63) is 34.9 Å². The van der Waals surface area contributed by atoms with E-state index >= 15 is 0 Å². The molecular weight excluding hydrogens is 263 g/mol. The SMILES string of the molecule is Cc1cc(C(F)(F)F)ccc1C1(N)CCC(C)CC1C. The highest BCUT2D eigenvalue weighted by Gasteiger charge is 2.40. The van der Waals surface area contributed by atoms with E-state index in [-0.39, 0.29) is 5.92 Å². The normalized spacial score (nSPS) is 31.4. The molecule has 0 radical (unpaired) electrons. The second kappa shape index (κ2) is 5.06. The molecule has 0 aliphatic heterocycles. The van der Waals surface area contributed by atoms with E-state index in [1.165, 1.54) is 6.07 Å². The van der Waals surface area contributed by atoms with E-state index in [0.29, 0.717) is 11.5 Å². The summed E-state index contributed by atoms with van der Waals surface area (Å²) in [5.74, 6) is 0.915. The van der Waals surface area contributed by atoms with Gasteiger partial charge in [0.2, 0.25) is 0 Å². The summed E-state index contributed by atoms with van der Waals surface area (Å²) in [5.41, 5.74) is 6.98. The first-order valence-corrected chi connectivity index (χ1v) is 7.12. The molecule has 0 aromatic heterocycles. The van der Waals surface area contributed by atoms with Gasteiger partial charge in [0.1, 0.15) is 0 Å². The summed E-state index contributed by atoms with van der Waals surface area (Å²) in [5, 5.41) is 0. The summed E-state index contributed by atoms with van der Waals surface area (Å²) in [6.45, 7) is 6.03. The number of rotatable bonds is 1. The van der Waals surface area contributed by atoms with Crippen LogP contribution in [0.25, 0.3) is 0 Å². The Balaban J connectivity index is 2.38. The highest BCUT2D eigenvalue weighted by atomic mass is 19.4. The fraction of sp³-hybridized carbons (Fsp3) is 0.625. The lowest BCUT2D eigenvalue weighted by Crippen LogP contribution is -2.47. The molecule has 1 aromatic rings. The molecular formula is C16H22F3N. The van der Waals surface area contributed by atoms with E-state index in [1.807, 2.05) is 0 Å². The highest BCUT2D eigenvalue weighted by molar-refractivity contribution is 5.38. The van der Waals surface area contributed by atoms with Crippen molar-refractivity contribution in [2.75, 3.05) is 0 Å². The lowest BCUT2D eigenvalue weighted by Gasteiger charge is -2.43. The Bertz CT molecular complexity index is 495. The number of benzene rings is 1. The standard InChI is InChI=1S/C16H22F3N/c1-10-6-7-15(20,12(3)8-10)14-5-4-13(9-11(14)2)16(17,18)19/h4-5,9-10,12H,6-8,20H2,1-3H3. The smallest absolute Gasteiger partial charge is 0.321 e. The van der Waals surface area contributed by atoms with Crippen molar-refractivity contribution in [2.45, 2.75) is 51.7 Å². The second-order valence-electron chi connectivity index (χ2n) is 6.35. The summed E-state index contributed by atoms with van der Waals surface area (Å²) in [7, 11) is 0. The van der Waals surface area contributed by atoms with Crippen LogP contribution in [0, 0.1) is 18.8 Å². The molecule has 0 heterocycles. The molecule has 1 nitrogen and oxygen atoms in total. The average Bonchev–Trinajstić information content (AvgIpc) is 2.33. The number of hydrogen-bond acceptors (Lipinski definition) is 1. The predicted molar refractivity (Wildman–Crippen MR) is 74.2 cm³/mol. The zero-order valence-corrected chi connectivity index (χ0v) is 12.2. The van der Waals surface area contributed by atoms with Gasteiger partial charge in [-0.05, 0) is 61.3 Å². The molecule has 2 N–H and O–H groups in total. The minimum absolute atomic E-state index is 0.279. The van der Waals surface area contributed by atoms with Crippen LogP contribution in [0.1, 0.15) is 49.8 Å². The van der Waals surface area contributed by atoms with Gasteiger partial charge in [0.25, 0.3) is 0 Å². The van der Waals surface area contributed by atoms with Gasteiger partial charge in [-0.1, -0.05) is 19.9 Å². The number of nitrogens with two attached hydrogens (primary N) is 1. The lowest BCUT2D eigenvalue weighted by molar-refractivity contribution is -0.137. The third-order valence-electron chi connectivity index (χ3n) is 4.74. The van der Waals surface area contributed by atoms with Crippen LogP contribution in [0.5, 0.6) is 0 Å². The molecule has 0 amide bonds. The molecule has 1 aromatic carbocycles. The quantitative estimate of drug-likeness (QED) is 0.800. The van der Waals surface area contributed by atoms with Crippen LogP contribution >= 0.6 is 0 Å². The molecule has 1 aliphatic carbocycles. The topological polar surface area (TPSA) is 26.0 Å². The van der Waals surface area contributed by atoms with Crippen molar-refractivity contribution in [1.82, 2.24) is 0 Å². The van der Waals surface area contributed by atoms with Crippen LogP contribution in [0.3, 0.4) is 0 Å². The maximum Gasteiger partial charge on any atom is 0.416 e. The van der Waals surface area contributed by atoms with Crippen molar-refractivity contribution in [3.63, 3.8) is 0 Å². The fourth-order valence-electron chi connectivity index (χ4n) is 3.43. The maximum atomic E-state index is 12.7. The van der Waals surface area contributed by atoms with Crippen LogP contribution in [0.2, 0.25) is 0 Å². The van der Waals surface area contributed by atoms with Crippen molar-refractivity contribution in [3.8, 4) is 0 Å². The van der Waals surface area contributed by atoms with Gasteiger partial charge in [-0.2, -0.15) is 13.2 Å². The number of halogens is 3. The molecule has 0 saturated heterocycles. The monoisotopic (exact) mass is 285 g/mol. The first-order chi connectivity index (χ1) is 9.14. The Hall–Kier alpha value is -1.03. The van der Waals surface area contributed by atoms with Crippen LogP contribution in [-0.2, 0) is 11.7 Å². The Morgan fingerprint density at radius 1 is 1.25 bits per heavy atom. The third-order valence-corrected chi connectivity index (χ3v) is 4.74. The van der Waals surface area contributed by atoms with Gasteiger partial charge in [-0.15, -0.1) is 0 Å². The van der Waals surface area contributed by atoms with E-state index in [1.54, 1.807) is 13.0 Å². The average molecular weight is 285 g/mol. The molecule has 1 aliphatic rings. The molecule has 3 unspecified atom stereocenters. The molecule has 0 spiro atoms. The summed E-state index contributed by atoms with van der Waals surface area (Å²) in [6, 6.07) is 3.95. The van der Waals surface area contributed by atoms with E-state index in [2.05, 4.69) is 13.8 Å². The van der Waals surface area contributed by atoms with Gasteiger partial charge in [-0.25, -0.2) is 0 Å². The molecule has 2 rings (SSSR count). The number of alkyl halides is 3. The van der Waals surface area contributed by atoms with Gasteiger partial charge in [-0.3, -0.25) is 0 Å². The summed E-state index contributed by atoms with van der Waals surface area (Å²) in [4.78, 5) is 0. The molecule has 112 valence electrons. The van der Waals surface area contributed by atoms with Crippen LogP contribution in [-0.4, -0.2) is 0 Å². The van der Waals surface area contributed by atoms with E-state index in [4.69, 9.17) is 5.73 Å². The number of hydrogen-bond donors (Lipinski definition) is 1. The minimum atomic E-state index is -4.29. The Morgan fingerprint density at radius 3 is 2.40 bits per heavy atom. The van der Waals surface area contributed by atoms with Gasteiger partial charge < -0.3 is 5.73 Å².